The van der Waals surface area contributed by atoms with Gasteiger partial charge in [0, 0.05) is 47.0 Å². The van der Waals surface area contributed by atoms with Gasteiger partial charge < -0.3 is 24.4 Å². The van der Waals surface area contributed by atoms with Gasteiger partial charge in [-0.05, 0) is 103 Å². The second-order valence-corrected chi connectivity index (χ2v) is 13.6. The fourth-order valence-electron chi connectivity index (χ4n) is 5.30. The van der Waals surface area contributed by atoms with Crippen molar-refractivity contribution in [3.8, 4) is 5.75 Å². The fourth-order valence-corrected chi connectivity index (χ4v) is 5.30. The highest BCUT2D eigenvalue weighted by Crippen LogP contribution is 2.33. The molecule has 2 atom stereocenters. The average molecular weight is 627 g/mol. The van der Waals surface area contributed by atoms with Crippen molar-refractivity contribution >= 4 is 40.3 Å². The Kier molecular flexibility index (Phi) is 9.32. The zero-order valence-electron chi connectivity index (χ0n) is 27.5. The summed E-state index contributed by atoms with van der Waals surface area (Å²) in [7, 11) is 0. The number of anilines is 3. The van der Waals surface area contributed by atoms with Crippen LogP contribution in [0.1, 0.15) is 52.8 Å². The highest BCUT2D eigenvalue weighted by atomic mass is 16.6. The van der Waals surface area contributed by atoms with Gasteiger partial charge in [-0.1, -0.05) is 6.07 Å². The number of fused-ring (bicyclic) bond motifs is 1. The van der Waals surface area contributed by atoms with Crippen LogP contribution in [0, 0.1) is 12.8 Å². The van der Waals surface area contributed by atoms with Crippen LogP contribution in [0.15, 0.2) is 67.1 Å². The molecular formula is C35H42N6O5. The quantitative estimate of drug-likeness (QED) is 0.217. The predicted octanol–water partition coefficient (Wildman–Crippen LogP) is 7.28. The standard InChI is InChI=1S/C35H42N6O5/c1-22-14-26(39-31(15-22)40-32(42)45-34(2,3)4)17-24-20-41(33(43)46-35(5,6)7)21-29(24)44-28-19-36-18-23-16-25(11-12-27(23)28)38-30-10-8-9-13-37-30/h8-16,18-19,24,29H,17,20-21H2,1-7H3,(H,37,38)(H,39,40,42)/t24-,29+/m1/s1. The van der Waals surface area contributed by atoms with E-state index in [1.165, 1.54) is 0 Å². The molecule has 46 heavy (non-hydrogen) atoms. The molecule has 0 spiro atoms. The minimum atomic E-state index is -0.635. The summed E-state index contributed by atoms with van der Waals surface area (Å²) in [5.74, 6) is 1.65. The van der Waals surface area contributed by atoms with Crippen molar-refractivity contribution in [2.24, 2.45) is 5.92 Å². The Morgan fingerprint density at radius 3 is 2.43 bits per heavy atom. The normalized spacial score (nSPS) is 16.6. The molecule has 11 heteroatoms. The number of carbonyl (C=O) groups excluding carboxylic acids is 2. The Morgan fingerprint density at radius 1 is 0.935 bits per heavy atom. The van der Waals surface area contributed by atoms with E-state index in [9.17, 15) is 9.59 Å². The molecule has 242 valence electrons. The Hall–Kier alpha value is -4.93. The van der Waals surface area contributed by atoms with Crippen LogP contribution in [0.3, 0.4) is 0 Å². The van der Waals surface area contributed by atoms with E-state index < -0.39 is 23.4 Å². The topological polar surface area (TPSA) is 128 Å². The lowest BCUT2D eigenvalue weighted by Gasteiger charge is -2.24. The first kappa shape index (κ1) is 32.5. The summed E-state index contributed by atoms with van der Waals surface area (Å²) in [6.07, 6.45) is 4.41. The first-order valence-electron chi connectivity index (χ1n) is 15.4. The van der Waals surface area contributed by atoms with E-state index >= 15 is 0 Å². The molecule has 2 N–H and O–H groups in total. The Morgan fingerprint density at radius 2 is 1.72 bits per heavy atom. The number of pyridine rings is 3. The summed E-state index contributed by atoms with van der Waals surface area (Å²) >= 11 is 0. The molecular weight excluding hydrogens is 584 g/mol. The lowest BCUT2D eigenvalue weighted by molar-refractivity contribution is 0.0274. The van der Waals surface area contributed by atoms with Gasteiger partial charge in [-0.2, -0.15) is 0 Å². The molecule has 0 radical (unpaired) electrons. The van der Waals surface area contributed by atoms with E-state index in [4.69, 9.17) is 19.2 Å². The maximum absolute atomic E-state index is 13.1. The summed E-state index contributed by atoms with van der Waals surface area (Å²) < 4.78 is 17.8. The van der Waals surface area contributed by atoms with E-state index in [0.717, 1.165) is 33.5 Å². The summed E-state index contributed by atoms with van der Waals surface area (Å²) in [6.45, 7) is 13.7. The second kappa shape index (κ2) is 13.2. The van der Waals surface area contributed by atoms with E-state index in [2.05, 4.69) is 20.6 Å². The van der Waals surface area contributed by atoms with E-state index in [0.29, 0.717) is 31.1 Å². The molecule has 1 aliphatic heterocycles. The maximum Gasteiger partial charge on any atom is 0.413 e. The molecule has 1 fully saturated rings. The van der Waals surface area contributed by atoms with Crippen molar-refractivity contribution in [2.75, 3.05) is 23.7 Å². The van der Waals surface area contributed by atoms with Crippen LogP contribution in [-0.2, 0) is 15.9 Å². The lowest BCUT2D eigenvalue weighted by atomic mass is 9.98. The van der Waals surface area contributed by atoms with Crippen LogP contribution in [0.4, 0.5) is 26.9 Å². The third-order valence-electron chi connectivity index (χ3n) is 7.09. The SMILES string of the molecule is Cc1cc(C[C@@H]2CN(C(=O)OC(C)(C)C)C[C@@H]2Oc2cncc3cc(Nc4ccccn4)ccc23)nc(NC(=O)OC(C)(C)C)c1. The molecule has 1 aliphatic rings. The van der Waals surface area contributed by atoms with E-state index in [1.54, 1.807) is 29.6 Å². The minimum Gasteiger partial charge on any atom is -0.486 e. The van der Waals surface area contributed by atoms with Crippen molar-refractivity contribution in [2.45, 2.75) is 72.2 Å². The molecule has 1 saturated heterocycles. The monoisotopic (exact) mass is 626 g/mol. The fraction of sp³-hybridized carbons (Fsp3) is 0.400. The summed E-state index contributed by atoms with van der Waals surface area (Å²) in [6, 6.07) is 15.4. The molecule has 1 aromatic carbocycles. The predicted molar refractivity (Wildman–Crippen MR) is 178 cm³/mol. The smallest absolute Gasteiger partial charge is 0.413 e. The Labute approximate surface area is 269 Å². The first-order chi connectivity index (χ1) is 21.7. The van der Waals surface area contributed by atoms with Crippen LogP contribution < -0.4 is 15.4 Å². The first-order valence-corrected chi connectivity index (χ1v) is 15.4. The third-order valence-corrected chi connectivity index (χ3v) is 7.09. The number of aromatic nitrogens is 3. The molecule has 4 heterocycles. The van der Waals surface area contributed by atoms with Crippen LogP contribution in [0.5, 0.6) is 5.75 Å². The maximum atomic E-state index is 13.1. The van der Waals surface area contributed by atoms with Crippen LogP contribution in [-0.4, -0.2) is 62.4 Å². The number of aryl methyl sites for hydroxylation is 1. The highest BCUT2D eigenvalue weighted by molar-refractivity contribution is 5.90. The van der Waals surface area contributed by atoms with Gasteiger partial charge in [0.2, 0.25) is 0 Å². The number of rotatable bonds is 7. The summed E-state index contributed by atoms with van der Waals surface area (Å²) in [4.78, 5) is 40.8. The number of hydrogen-bond donors (Lipinski definition) is 2. The number of nitrogens with one attached hydrogen (secondary N) is 2. The highest BCUT2D eigenvalue weighted by Gasteiger charge is 2.39. The lowest BCUT2D eigenvalue weighted by Crippen LogP contribution is -2.36. The third kappa shape index (κ3) is 8.83. The van der Waals surface area contributed by atoms with Gasteiger partial charge in [-0.25, -0.2) is 19.6 Å². The van der Waals surface area contributed by atoms with Crippen molar-refractivity contribution < 1.29 is 23.8 Å². The summed E-state index contributed by atoms with van der Waals surface area (Å²) in [5.41, 5.74) is 1.30. The number of amides is 2. The molecule has 0 bridgehead atoms. The average Bonchev–Trinajstić information content (AvgIpc) is 3.33. The van der Waals surface area contributed by atoms with E-state index in [1.807, 2.05) is 90.9 Å². The Bertz CT molecular complexity index is 1700. The van der Waals surface area contributed by atoms with Crippen molar-refractivity contribution in [3.05, 3.63) is 78.4 Å². The molecule has 0 unspecified atom stereocenters. The molecule has 4 aromatic rings. The number of carbonyl (C=O) groups is 2. The largest absolute Gasteiger partial charge is 0.486 e. The zero-order chi connectivity index (χ0) is 33.1. The zero-order valence-corrected chi connectivity index (χ0v) is 27.5. The number of likely N-dealkylation sites (tertiary alicyclic amines) is 1. The van der Waals surface area contributed by atoms with Crippen LogP contribution >= 0.6 is 0 Å². The number of hydrogen-bond acceptors (Lipinski definition) is 9. The van der Waals surface area contributed by atoms with Gasteiger partial charge in [-0.15, -0.1) is 0 Å². The summed E-state index contributed by atoms with van der Waals surface area (Å²) in [5, 5.41) is 7.85. The number of benzene rings is 1. The number of nitrogens with zero attached hydrogens (tertiary/aromatic N) is 4. The molecule has 3 aromatic heterocycles. The number of ether oxygens (including phenoxy) is 3. The van der Waals surface area contributed by atoms with E-state index in [-0.39, 0.29) is 12.0 Å². The van der Waals surface area contributed by atoms with Crippen LogP contribution in [0.25, 0.3) is 10.8 Å². The van der Waals surface area contributed by atoms with Gasteiger partial charge >= 0.3 is 12.2 Å². The van der Waals surface area contributed by atoms with Gasteiger partial charge in [0.25, 0.3) is 0 Å². The Balaban J connectivity index is 1.38. The van der Waals surface area contributed by atoms with Crippen molar-refractivity contribution in [1.29, 1.82) is 0 Å². The second-order valence-electron chi connectivity index (χ2n) is 13.6. The molecule has 11 nitrogen and oxygen atoms in total. The van der Waals surface area contributed by atoms with Gasteiger partial charge in [-0.3, -0.25) is 10.3 Å². The molecule has 5 rings (SSSR count). The van der Waals surface area contributed by atoms with Gasteiger partial charge in [0.1, 0.15) is 34.7 Å². The van der Waals surface area contributed by atoms with Gasteiger partial charge in [0.15, 0.2) is 0 Å². The molecule has 0 aliphatic carbocycles. The van der Waals surface area contributed by atoms with Crippen LogP contribution in [0.2, 0.25) is 0 Å². The molecule has 0 saturated carbocycles. The van der Waals surface area contributed by atoms with Gasteiger partial charge in [0.05, 0.1) is 12.7 Å². The molecule has 2 amide bonds. The van der Waals surface area contributed by atoms with Crippen molar-refractivity contribution in [1.82, 2.24) is 19.9 Å². The minimum absolute atomic E-state index is 0.114. The van der Waals surface area contributed by atoms with Crippen molar-refractivity contribution in [3.63, 3.8) is 0 Å².